The van der Waals surface area contributed by atoms with Crippen LogP contribution in [-0.4, -0.2) is 17.6 Å². The maximum Gasteiger partial charge on any atom is 0.416 e. The van der Waals surface area contributed by atoms with Crippen LogP contribution in [0.4, 0.5) is 24.5 Å². The average molecular weight is 444 g/mol. The summed E-state index contributed by atoms with van der Waals surface area (Å²) in [6.45, 7) is 1.91. The molecule has 31 heavy (non-hydrogen) atoms. The minimum absolute atomic E-state index is 0.0330. The van der Waals surface area contributed by atoms with Gasteiger partial charge in [-0.1, -0.05) is 23.8 Å². The van der Waals surface area contributed by atoms with Crippen LogP contribution in [0.1, 0.15) is 21.5 Å². The van der Waals surface area contributed by atoms with Crippen molar-refractivity contribution < 1.29 is 22.8 Å². The van der Waals surface area contributed by atoms with Gasteiger partial charge >= 0.3 is 6.18 Å². The molecular formula is C23H19F3N2O2S. The highest BCUT2D eigenvalue weighted by Crippen LogP contribution is 2.30. The second kappa shape index (κ2) is 9.70. The third-order valence-electron chi connectivity index (χ3n) is 4.24. The molecule has 0 heterocycles. The maximum absolute atomic E-state index is 12.8. The lowest BCUT2D eigenvalue weighted by Crippen LogP contribution is -2.15. The van der Waals surface area contributed by atoms with E-state index in [1.165, 1.54) is 23.9 Å². The third-order valence-corrected chi connectivity index (χ3v) is 5.25. The van der Waals surface area contributed by atoms with Gasteiger partial charge in [0.15, 0.2) is 0 Å². The summed E-state index contributed by atoms with van der Waals surface area (Å²) in [5.41, 5.74) is 1.44. The third kappa shape index (κ3) is 6.62. The van der Waals surface area contributed by atoms with Crippen molar-refractivity contribution in [1.82, 2.24) is 0 Å². The van der Waals surface area contributed by atoms with Gasteiger partial charge in [0.25, 0.3) is 5.91 Å². The SMILES string of the molecule is Cc1cccc(C(=O)Nc2ccc(SCC(=O)Nc3cccc(C(F)(F)F)c3)cc2)c1. The van der Waals surface area contributed by atoms with E-state index >= 15 is 0 Å². The number of hydrogen-bond acceptors (Lipinski definition) is 3. The van der Waals surface area contributed by atoms with E-state index in [4.69, 9.17) is 0 Å². The Kier molecular flexibility index (Phi) is 7.02. The monoisotopic (exact) mass is 444 g/mol. The van der Waals surface area contributed by atoms with Crippen LogP contribution in [0.5, 0.6) is 0 Å². The van der Waals surface area contributed by atoms with Crippen LogP contribution < -0.4 is 10.6 Å². The molecule has 0 saturated heterocycles. The summed E-state index contributed by atoms with van der Waals surface area (Å²) >= 11 is 1.24. The summed E-state index contributed by atoms with van der Waals surface area (Å²) in [5.74, 6) is -0.601. The molecule has 3 aromatic rings. The second-order valence-electron chi connectivity index (χ2n) is 6.76. The summed E-state index contributed by atoms with van der Waals surface area (Å²) in [4.78, 5) is 25.1. The van der Waals surface area contributed by atoms with Crippen LogP contribution in [0.15, 0.2) is 77.7 Å². The molecule has 0 aliphatic rings. The maximum atomic E-state index is 12.8. The van der Waals surface area contributed by atoms with Crippen molar-refractivity contribution in [2.45, 2.75) is 18.0 Å². The Hall–Kier alpha value is -3.26. The second-order valence-corrected chi connectivity index (χ2v) is 7.81. The van der Waals surface area contributed by atoms with Crippen LogP contribution >= 0.6 is 11.8 Å². The van der Waals surface area contributed by atoms with Crippen molar-refractivity contribution in [2.75, 3.05) is 16.4 Å². The highest BCUT2D eigenvalue weighted by Gasteiger charge is 2.30. The van der Waals surface area contributed by atoms with Crippen molar-refractivity contribution in [3.8, 4) is 0 Å². The Morgan fingerprint density at radius 3 is 2.26 bits per heavy atom. The van der Waals surface area contributed by atoms with Gasteiger partial charge in [0.2, 0.25) is 5.91 Å². The quantitative estimate of drug-likeness (QED) is 0.459. The van der Waals surface area contributed by atoms with Gasteiger partial charge in [-0.2, -0.15) is 13.2 Å². The van der Waals surface area contributed by atoms with Gasteiger partial charge in [-0.3, -0.25) is 9.59 Å². The Balaban J connectivity index is 1.52. The molecule has 2 amide bonds. The van der Waals surface area contributed by atoms with Gasteiger partial charge in [0, 0.05) is 21.8 Å². The molecule has 0 bridgehead atoms. The first kappa shape index (κ1) is 22.4. The molecule has 0 atom stereocenters. The van der Waals surface area contributed by atoms with E-state index in [-0.39, 0.29) is 17.3 Å². The van der Waals surface area contributed by atoms with Crippen molar-refractivity contribution in [2.24, 2.45) is 0 Å². The van der Waals surface area contributed by atoms with E-state index in [1.54, 1.807) is 36.4 Å². The molecule has 0 aromatic heterocycles. The van der Waals surface area contributed by atoms with Gasteiger partial charge in [-0.25, -0.2) is 0 Å². The number of benzene rings is 3. The predicted octanol–water partition coefficient (Wildman–Crippen LogP) is 6.00. The number of nitrogens with one attached hydrogen (secondary N) is 2. The molecule has 0 radical (unpaired) electrons. The zero-order chi connectivity index (χ0) is 22.4. The number of aryl methyl sites for hydroxylation is 1. The highest BCUT2D eigenvalue weighted by molar-refractivity contribution is 8.00. The zero-order valence-electron chi connectivity index (χ0n) is 16.5. The molecular weight excluding hydrogens is 425 g/mol. The molecule has 0 unspecified atom stereocenters. The Labute approximate surface area is 181 Å². The van der Waals surface area contributed by atoms with Crippen molar-refractivity contribution in [3.05, 3.63) is 89.5 Å². The van der Waals surface area contributed by atoms with Crippen LogP contribution in [0.3, 0.4) is 0 Å². The number of anilines is 2. The molecule has 3 aromatic carbocycles. The molecule has 0 aliphatic carbocycles. The molecule has 8 heteroatoms. The normalized spacial score (nSPS) is 11.1. The molecule has 2 N–H and O–H groups in total. The molecule has 160 valence electrons. The van der Waals surface area contributed by atoms with Crippen molar-refractivity contribution in [1.29, 1.82) is 0 Å². The standard InChI is InChI=1S/C23H19F3N2O2S/c1-15-4-2-5-16(12-15)22(30)28-18-8-10-20(11-9-18)31-14-21(29)27-19-7-3-6-17(13-19)23(24,25)26/h2-13H,14H2,1H3,(H,27,29)(H,28,30). The van der Waals surface area contributed by atoms with Gasteiger partial charge in [-0.15, -0.1) is 11.8 Å². The fraction of sp³-hybridized carbons (Fsp3) is 0.130. The average Bonchev–Trinajstić information content (AvgIpc) is 2.73. The number of amides is 2. The molecule has 0 fully saturated rings. The number of carbonyl (C=O) groups is 2. The Morgan fingerprint density at radius 2 is 1.58 bits per heavy atom. The number of carbonyl (C=O) groups excluding carboxylic acids is 2. The van der Waals surface area contributed by atoms with E-state index in [0.29, 0.717) is 11.3 Å². The van der Waals surface area contributed by atoms with Gasteiger partial charge < -0.3 is 10.6 Å². The largest absolute Gasteiger partial charge is 0.416 e. The number of halogens is 3. The van der Waals surface area contributed by atoms with E-state index in [9.17, 15) is 22.8 Å². The lowest BCUT2D eigenvalue weighted by atomic mass is 10.1. The lowest BCUT2D eigenvalue weighted by Gasteiger charge is -2.10. The van der Waals surface area contributed by atoms with Crippen LogP contribution in [0.2, 0.25) is 0 Å². The van der Waals surface area contributed by atoms with Crippen LogP contribution in [-0.2, 0) is 11.0 Å². The van der Waals surface area contributed by atoms with Gasteiger partial charge in [0.05, 0.1) is 11.3 Å². The Morgan fingerprint density at radius 1 is 0.871 bits per heavy atom. The van der Waals surface area contributed by atoms with Crippen molar-refractivity contribution >= 4 is 35.0 Å². The molecule has 4 nitrogen and oxygen atoms in total. The fourth-order valence-corrected chi connectivity index (χ4v) is 3.44. The van der Waals surface area contributed by atoms with Crippen molar-refractivity contribution in [3.63, 3.8) is 0 Å². The molecule has 0 spiro atoms. The first-order chi connectivity index (χ1) is 14.7. The molecule has 3 rings (SSSR count). The summed E-state index contributed by atoms with van der Waals surface area (Å²) in [7, 11) is 0. The first-order valence-electron chi connectivity index (χ1n) is 9.29. The van der Waals surface area contributed by atoms with E-state index < -0.39 is 17.6 Å². The van der Waals surface area contributed by atoms with Gasteiger partial charge in [-0.05, 0) is 61.5 Å². The zero-order valence-corrected chi connectivity index (χ0v) is 17.3. The van der Waals surface area contributed by atoms with Crippen LogP contribution in [0.25, 0.3) is 0 Å². The predicted molar refractivity (Wildman–Crippen MR) is 116 cm³/mol. The van der Waals surface area contributed by atoms with E-state index in [0.717, 1.165) is 22.6 Å². The number of hydrogen-bond donors (Lipinski definition) is 2. The summed E-state index contributed by atoms with van der Waals surface area (Å²) in [6.07, 6.45) is -4.47. The van der Waals surface area contributed by atoms with E-state index in [2.05, 4.69) is 10.6 Å². The number of rotatable bonds is 6. The first-order valence-corrected chi connectivity index (χ1v) is 10.3. The fourth-order valence-electron chi connectivity index (χ4n) is 2.74. The summed E-state index contributed by atoms with van der Waals surface area (Å²) in [6, 6.07) is 18.7. The van der Waals surface area contributed by atoms with E-state index in [1.807, 2.05) is 19.1 Å². The van der Waals surface area contributed by atoms with Crippen LogP contribution in [0, 0.1) is 6.92 Å². The Bertz CT molecular complexity index is 1080. The number of alkyl halides is 3. The summed E-state index contributed by atoms with van der Waals surface area (Å²) in [5, 5.41) is 5.28. The molecule has 0 aliphatic heterocycles. The highest BCUT2D eigenvalue weighted by atomic mass is 32.2. The van der Waals surface area contributed by atoms with Gasteiger partial charge in [0.1, 0.15) is 0 Å². The number of thioether (sulfide) groups is 1. The summed E-state index contributed by atoms with van der Waals surface area (Å²) < 4.78 is 38.3. The smallest absolute Gasteiger partial charge is 0.325 e. The lowest BCUT2D eigenvalue weighted by molar-refractivity contribution is -0.137. The molecule has 0 saturated carbocycles. The minimum atomic E-state index is -4.47. The topological polar surface area (TPSA) is 58.2 Å². The minimum Gasteiger partial charge on any atom is -0.325 e.